The zero-order valence-corrected chi connectivity index (χ0v) is 9.46. The molecule has 0 aromatic heterocycles. The Morgan fingerprint density at radius 1 is 1.17 bits per heavy atom. The molecule has 0 aromatic rings. The van der Waals surface area contributed by atoms with Crippen molar-refractivity contribution in [3.05, 3.63) is 0 Å². The van der Waals surface area contributed by atoms with Crippen molar-refractivity contribution in [1.29, 1.82) is 0 Å². The molecule has 4 aliphatic rings. The molecule has 5 unspecified atom stereocenters. The quantitative estimate of drug-likeness (QED) is 0.667. The summed E-state index contributed by atoms with van der Waals surface area (Å²) in [5, 5.41) is 18.6. The maximum atomic E-state index is 12.2. The van der Waals surface area contributed by atoms with E-state index in [9.17, 15) is 29.4 Å². The Morgan fingerprint density at radius 3 is 2.39 bits per heavy atom. The second-order valence-electron chi connectivity index (χ2n) is 5.54. The van der Waals surface area contributed by atoms with Gasteiger partial charge in [-0.2, -0.15) is 0 Å². The molecule has 4 rings (SSSR count). The highest BCUT2D eigenvalue weighted by molar-refractivity contribution is 6.18. The van der Waals surface area contributed by atoms with Crippen LogP contribution in [0.1, 0.15) is 19.3 Å². The van der Waals surface area contributed by atoms with Crippen molar-refractivity contribution >= 4 is 23.5 Å². The van der Waals surface area contributed by atoms with E-state index >= 15 is 0 Å². The van der Waals surface area contributed by atoms with Crippen LogP contribution in [0.2, 0.25) is 0 Å². The summed E-state index contributed by atoms with van der Waals surface area (Å²) < 4.78 is 0. The van der Waals surface area contributed by atoms with Crippen molar-refractivity contribution < 1.29 is 29.4 Å². The van der Waals surface area contributed by atoms with Crippen LogP contribution in [0.15, 0.2) is 0 Å². The molecule has 0 heterocycles. The minimum absolute atomic E-state index is 0.135. The number of carboxylic acid groups (broad SMARTS) is 2. The number of carbonyl (C=O) groups excluding carboxylic acids is 2. The molecule has 4 aliphatic carbocycles. The number of rotatable bonds is 2. The van der Waals surface area contributed by atoms with Gasteiger partial charge in [0.15, 0.2) is 5.78 Å². The second kappa shape index (κ2) is 3.18. The topological polar surface area (TPSA) is 109 Å². The largest absolute Gasteiger partial charge is 0.481 e. The van der Waals surface area contributed by atoms with Gasteiger partial charge in [-0.05, 0) is 25.2 Å². The summed E-state index contributed by atoms with van der Waals surface area (Å²) in [5.74, 6) is -6.35. The van der Waals surface area contributed by atoms with Gasteiger partial charge < -0.3 is 10.2 Å². The van der Waals surface area contributed by atoms with Crippen LogP contribution in [0, 0.1) is 29.1 Å². The molecule has 96 valence electrons. The predicted molar refractivity (Wildman–Crippen MR) is 55.5 cm³/mol. The molecular weight excluding hydrogens is 240 g/mol. The first-order valence-electron chi connectivity index (χ1n) is 5.94. The Labute approximate surface area is 102 Å². The van der Waals surface area contributed by atoms with Crippen LogP contribution in [0.4, 0.5) is 0 Å². The molecular formula is C12H12O6. The highest BCUT2D eigenvalue weighted by Crippen LogP contribution is 2.59. The van der Waals surface area contributed by atoms with Gasteiger partial charge >= 0.3 is 11.9 Å². The van der Waals surface area contributed by atoms with Crippen LogP contribution in [0.3, 0.4) is 0 Å². The first kappa shape index (κ1) is 11.4. The normalized spacial score (nSPS) is 45.3. The van der Waals surface area contributed by atoms with Gasteiger partial charge in [-0.15, -0.1) is 0 Å². The van der Waals surface area contributed by atoms with Crippen LogP contribution >= 0.6 is 0 Å². The zero-order chi connectivity index (χ0) is 13.2. The van der Waals surface area contributed by atoms with Gasteiger partial charge in [0, 0.05) is 5.92 Å². The summed E-state index contributed by atoms with van der Waals surface area (Å²) in [4.78, 5) is 46.9. The van der Waals surface area contributed by atoms with Gasteiger partial charge in [-0.1, -0.05) is 0 Å². The number of hydrogen-bond donors (Lipinski definition) is 2. The minimum Gasteiger partial charge on any atom is -0.481 e. The van der Waals surface area contributed by atoms with Gasteiger partial charge in [0.2, 0.25) is 0 Å². The van der Waals surface area contributed by atoms with Crippen molar-refractivity contribution in [2.45, 2.75) is 19.3 Å². The van der Waals surface area contributed by atoms with E-state index in [0.29, 0.717) is 6.42 Å². The summed E-state index contributed by atoms with van der Waals surface area (Å²) in [5.41, 5.74) is -1.86. The van der Waals surface area contributed by atoms with E-state index in [1.807, 2.05) is 0 Å². The number of Topliss-reactive ketones (excluding diaryl/α,β-unsaturated/α-hetero) is 2. The number of hydrogen-bond acceptors (Lipinski definition) is 4. The molecule has 5 atom stereocenters. The van der Waals surface area contributed by atoms with E-state index in [4.69, 9.17) is 0 Å². The van der Waals surface area contributed by atoms with Crippen molar-refractivity contribution in [3.8, 4) is 0 Å². The van der Waals surface area contributed by atoms with Crippen LogP contribution in [0.25, 0.3) is 0 Å². The van der Waals surface area contributed by atoms with Crippen LogP contribution in [0.5, 0.6) is 0 Å². The Hall–Kier alpha value is -1.72. The van der Waals surface area contributed by atoms with E-state index in [2.05, 4.69) is 0 Å². The maximum absolute atomic E-state index is 12.2. The Bertz CT molecular complexity index is 495. The third kappa shape index (κ3) is 1.04. The monoisotopic (exact) mass is 252 g/mol. The van der Waals surface area contributed by atoms with Gasteiger partial charge in [-0.25, -0.2) is 0 Å². The summed E-state index contributed by atoms with van der Waals surface area (Å²) in [7, 11) is 0. The molecule has 6 heteroatoms. The lowest BCUT2D eigenvalue weighted by Crippen LogP contribution is -2.67. The van der Waals surface area contributed by atoms with E-state index in [0.717, 1.165) is 0 Å². The molecule has 0 saturated heterocycles. The number of ketones is 2. The van der Waals surface area contributed by atoms with Crippen molar-refractivity contribution in [1.82, 2.24) is 0 Å². The highest BCUT2D eigenvalue weighted by atomic mass is 16.4. The molecule has 0 spiro atoms. The molecule has 0 aromatic carbocycles. The Kier molecular flexibility index (Phi) is 2.01. The number of aliphatic carboxylic acids is 2. The van der Waals surface area contributed by atoms with E-state index in [1.54, 1.807) is 0 Å². The molecule has 4 saturated carbocycles. The number of carbonyl (C=O) groups is 4. The summed E-state index contributed by atoms with van der Waals surface area (Å²) >= 11 is 0. The Morgan fingerprint density at radius 2 is 1.83 bits per heavy atom. The predicted octanol–water partition coefficient (Wildman–Crippen LogP) is -0.0439. The van der Waals surface area contributed by atoms with E-state index < -0.39 is 40.9 Å². The smallest absolute Gasteiger partial charge is 0.318 e. The molecule has 2 N–H and O–H groups in total. The summed E-state index contributed by atoms with van der Waals surface area (Å²) in [6, 6.07) is 0. The molecule has 0 amide bonds. The fourth-order valence-corrected chi connectivity index (χ4v) is 4.19. The average molecular weight is 252 g/mol. The molecule has 0 radical (unpaired) electrons. The number of carboxylic acids is 2. The minimum atomic E-state index is -1.86. The SMILES string of the molecule is O=C1C2CC3CC1C(=O)C(C(=O)O)(C2)C3C(=O)O. The second-order valence-corrected chi connectivity index (χ2v) is 5.54. The first-order valence-corrected chi connectivity index (χ1v) is 5.94. The average Bonchev–Trinajstić information content (AvgIpc) is 2.29. The fraction of sp³-hybridized carbons (Fsp3) is 0.667. The zero-order valence-electron chi connectivity index (χ0n) is 9.46. The van der Waals surface area contributed by atoms with Crippen molar-refractivity contribution in [2.75, 3.05) is 0 Å². The lowest BCUT2D eigenvalue weighted by Gasteiger charge is -2.55. The third-order valence-corrected chi connectivity index (χ3v) is 4.85. The Balaban J connectivity index is 2.17. The standard InChI is InChI=1S/C12H12O6/c13-8-5-1-4-2-6(8)9(14)12(3-5,11(17)18)7(4)10(15)16/h4-7H,1-3H2,(H,15,16)(H,17,18). The van der Waals surface area contributed by atoms with E-state index in [1.165, 1.54) is 0 Å². The van der Waals surface area contributed by atoms with E-state index in [-0.39, 0.29) is 24.5 Å². The third-order valence-electron chi connectivity index (χ3n) is 4.85. The first-order chi connectivity index (χ1) is 8.39. The van der Waals surface area contributed by atoms with Crippen LogP contribution in [-0.2, 0) is 19.2 Å². The van der Waals surface area contributed by atoms with Gasteiger partial charge in [0.05, 0.1) is 11.8 Å². The van der Waals surface area contributed by atoms with Crippen LogP contribution in [-0.4, -0.2) is 33.7 Å². The lowest BCUT2D eigenvalue weighted by atomic mass is 9.44. The maximum Gasteiger partial charge on any atom is 0.318 e. The summed E-state index contributed by atoms with van der Waals surface area (Å²) in [6.45, 7) is 0. The molecule has 4 fully saturated rings. The molecule has 4 bridgehead atoms. The van der Waals surface area contributed by atoms with Crippen molar-refractivity contribution in [2.24, 2.45) is 29.1 Å². The van der Waals surface area contributed by atoms with Crippen molar-refractivity contribution in [3.63, 3.8) is 0 Å². The molecule has 6 nitrogen and oxygen atoms in total. The van der Waals surface area contributed by atoms with Gasteiger partial charge in [0.25, 0.3) is 0 Å². The van der Waals surface area contributed by atoms with Gasteiger partial charge in [0.1, 0.15) is 11.2 Å². The molecule has 18 heavy (non-hydrogen) atoms. The molecule has 0 aliphatic heterocycles. The highest BCUT2D eigenvalue weighted by Gasteiger charge is 2.71. The fourth-order valence-electron chi connectivity index (χ4n) is 4.19. The lowest BCUT2D eigenvalue weighted by molar-refractivity contribution is -0.192. The van der Waals surface area contributed by atoms with Crippen LogP contribution < -0.4 is 0 Å². The summed E-state index contributed by atoms with van der Waals surface area (Å²) in [6.07, 6.45) is 0.485. The van der Waals surface area contributed by atoms with Gasteiger partial charge in [-0.3, -0.25) is 19.2 Å².